The van der Waals surface area contributed by atoms with Crippen LogP contribution in [-0.4, -0.2) is 11.9 Å². The number of nitrogens with one attached hydrogen (secondary N) is 1. The van der Waals surface area contributed by atoms with Gasteiger partial charge in [0.2, 0.25) is 0 Å². The van der Waals surface area contributed by atoms with Crippen LogP contribution in [0.25, 0.3) is 11.0 Å². The average molecular weight is 365 g/mol. The molecule has 2 aromatic carbocycles. The number of carbonyl (C=O) groups excluding carboxylic acids is 1. The van der Waals surface area contributed by atoms with E-state index in [1.54, 1.807) is 0 Å². The van der Waals surface area contributed by atoms with Crippen molar-refractivity contribution in [3.8, 4) is 0 Å². The molecule has 0 saturated heterocycles. The second-order valence-electron chi connectivity index (χ2n) is 6.98. The van der Waals surface area contributed by atoms with E-state index in [1.165, 1.54) is 18.4 Å². The third-order valence-corrected chi connectivity index (χ3v) is 5.98. The van der Waals surface area contributed by atoms with Gasteiger partial charge in [-0.05, 0) is 37.3 Å². The summed E-state index contributed by atoms with van der Waals surface area (Å²) in [6, 6.07) is 18.5. The normalized spacial score (nSPS) is 15.1. The Hall–Kier alpha value is -2.20. The van der Waals surface area contributed by atoms with Crippen molar-refractivity contribution in [1.82, 2.24) is 5.32 Å². The monoisotopic (exact) mass is 365 g/mol. The zero-order valence-electron chi connectivity index (χ0n) is 14.9. The number of hydrogen-bond acceptors (Lipinski definition) is 3. The van der Waals surface area contributed by atoms with Gasteiger partial charge in [0.1, 0.15) is 5.58 Å². The van der Waals surface area contributed by atoms with Crippen molar-refractivity contribution < 1.29 is 9.21 Å². The summed E-state index contributed by atoms with van der Waals surface area (Å²) in [5.41, 5.74) is 3.08. The minimum absolute atomic E-state index is 0.0871. The summed E-state index contributed by atoms with van der Waals surface area (Å²) in [4.78, 5) is 12.8. The summed E-state index contributed by atoms with van der Waals surface area (Å²) in [6.45, 7) is 2.09. The molecule has 0 spiro atoms. The number of thioether (sulfide) groups is 1. The molecule has 26 heavy (non-hydrogen) atoms. The van der Waals surface area contributed by atoms with Crippen molar-refractivity contribution in [3.63, 3.8) is 0 Å². The molecule has 0 aliphatic heterocycles. The summed E-state index contributed by atoms with van der Waals surface area (Å²) >= 11 is 1.81. The van der Waals surface area contributed by atoms with Crippen LogP contribution in [0.2, 0.25) is 0 Å². The molecule has 4 rings (SSSR count). The van der Waals surface area contributed by atoms with Crippen LogP contribution in [0.1, 0.15) is 41.4 Å². The standard InChI is InChI=1S/C22H23NO2S/c1-15(17-11-12-17)23-22(24)21-19(18-9-5-6-10-20(18)25-21)14-26-13-16-7-3-2-4-8-16/h2-10,15,17H,11-14H2,1H3,(H,23,24)/t15-/m1/s1. The molecule has 1 aliphatic carbocycles. The van der Waals surface area contributed by atoms with E-state index in [1.807, 2.05) is 42.1 Å². The first-order chi connectivity index (χ1) is 12.7. The van der Waals surface area contributed by atoms with E-state index >= 15 is 0 Å². The molecule has 4 heteroatoms. The maximum Gasteiger partial charge on any atom is 0.287 e. The Morgan fingerprint density at radius 1 is 1.12 bits per heavy atom. The summed E-state index contributed by atoms with van der Waals surface area (Å²) in [7, 11) is 0. The minimum Gasteiger partial charge on any atom is -0.451 e. The molecule has 1 aliphatic rings. The molecule has 3 aromatic rings. The van der Waals surface area contributed by atoms with Gasteiger partial charge in [-0.25, -0.2) is 0 Å². The van der Waals surface area contributed by atoms with Crippen LogP contribution >= 0.6 is 11.8 Å². The number of rotatable bonds is 7. The first-order valence-electron chi connectivity index (χ1n) is 9.15. The molecule has 3 nitrogen and oxygen atoms in total. The highest BCUT2D eigenvalue weighted by atomic mass is 32.2. The highest BCUT2D eigenvalue weighted by molar-refractivity contribution is 7.97. The van der Waals surface area contributed by atoms with Crippen LogP contribution in [0, 0.1) is 5.92 Å². The number of benzene rings is 2. The summed E-state index contributed by atoms with van der Waals surface area (Å²) < 4.78 is 5.94. The zero-order chi connectivity index (χ0) is 17.9. The average Bonchev–Trinajstić information content (AvgIpc) is 3.45. The van der Waals surface area contributed by atoms with Gasteiger partial charge in [0.15, 0.2) is 5.76 Å². The van der Waals surface area contributed by atoms with Crippen LogP contribution in [0.5, 0.6) is 0 Å². The molecule has 0 unspecified atom stereocenters. The Bertz CT molecular complexity index is 899. The molecule has 1 N–H and O–H groups in total. The third-order valence-electron chi connectivity index (χ3n) is 4.95. The van der Waals surface area contributed by atoms with Crippen LogP contribution in [0.4, 0.5) is 0 Å². The van der Waals surface area contributed by atoms with Gasteiger partial charge in [-0.2, -0.15) is 11.8 Å². The first kappa shape index (κ1) is 17.2. The molecule has 1 fully saturated rings. The summed E-state index contributed by atoms with van der Waals surface area (Å²) in [6.07, 6.45) is 2.42. The lowest BCUT2D eigenvalue weighted by atomic mass is 10.1. The molecule has 134 valence electrons. The second-order valence-corrected chi connectivity index (χ2v) is 7.97. The quantitative estimate of drug-likeness (QED) is 0.610. The first-order valence-corrected chi connectivity index (χ1v) is 10.3. The van der Waals surface area contributed by atoms with Crippen LogP contribution < -0.4 is 5.32 Å². The van der Waals surface area contributed by atoms with Gasteiger partial charge in [0, 0.05) is 28.5 Å². The number of furan rings is 1. The summed E-state index contributed by atoms with van der Waals surface area (Å²) in [5.74, 6) is 2.68. The molecule has 1 aromatic heterocycles. The fourth-order valence-corrected chi connectivity index (χ4v) is 4.28. The molecule has 1 amide bonds. The van der Waals surface area contributed by atoms with Crippen molar-refractivity contribution in [2.24, 2.45) is 5.92 Å². The lowest BCUT2D eigenvalue weighted by Gasteiger charge is -2.12. The molecule has 1 saturated carbocycles. The van der Waals surface area contributed by atoms with Gasteiger partial charge in [-0.1, -0.05) is 48.5 Å². The van der Waals surface area contributed by atoms with Gasteiger partial charge >= 0.3 is 0 Å². The lowest BCUT2D eigenvalue weighted by Crippen LogP contribution is -2.34. The molecular weight excluding hydrogens is 342 g/mol. The van der Waals surface area contributed by atoms with Crippen LogP contribution in [-0.2, 0) is 11.5 Å². The largest absolute Gasteiger partial charge is 0.451 e. The minimum atomic E-state index is -0.0871. The smallest absolute Gasteiger partial charge is 0.287 e. The van der Waals surface area contributed by atoms with E-state index in [4.69, 9.17) is 4.42 Å². The van der Waals surface area contributed by atoms with Crippen LogP contribution in [0.3, 0.4) is 0 Å². The lowest BCUT2D eigenvalue weighted by molar-refractivity contribution is 0.0909. The molecular formula is C22H23NO2S. The molecule has 0 bridgehead atoms. The van der Waals surface area contributed by atoms with E-state index in [9.17, 15) is 4.79 Å². The van der Waals surface area contributed by atoms with Gasteiger partial charge in [-0.3, -0.25) is 4.79 Å². The Kier molecular flexibility index (Phi) is 5.02. The predicted octanol–water partition coefficient (Wildman–Crippen LogP) is 5.39. The van der Waals surface area contributed by atoms with Gasteiger partial charge in [0.05, 0.1) is 0 Å². The fourth-order valence-electron chi connectivity index (χ4n) is 3.26. The second kappa shape index (κ2) is 7.58. The molecule has 1 atom stereocenters. The maximum absolute atomic E-state index is 12.8. The molecule has 0 radical (unpaired) electrons. The van der Waals surface area contributed by atoms with Crippen LogP contribution in [0.15, 0.2) is 59.0 Å². The summed E-state index contributed by atoms with van der Waals surface area (Å²) in [5, 5.41) is 4.16. The van der Waals surface area contributed by atoms with E-state index in [0.29, 0.717) is 11.7 Å². The van der Waals surface area contributed by atoms with E-state index in [0.717, 1.165) is 28.0 Å². The predicted molar refractivity (Wildman–Crippen MR) is 107 cm³/mol. The highest BCUT2D eigenvalue weighted by Gasteiger charge is 2.30. The Labute approximate surface area is 158 Å². The number of amides is 1. The van der Waals surface area contributed by atoms with E-state index < -0.39 is 0 Å². The van der Waals surface area contributed by atoms with Gasteiger partial charge in [0.25, 0.3) is 5.91 Å². The zero-order valence-corrected chi connectivity index (χ0v) is 15.7. The van der Waals surface area contributed by atoms with Crippen molar-refractivity contribution in [3.05, 3.63) is 71.5 Å². The Morgan fingerprint density at radius 3 is 2.62 bits per heavy atom. The number of carbonyl (C=O) groups is 1. The van der Waals surface area contributed by atoms with Gasteiger partial charge < -0.3 is 9.73 Å². The SMILES string of the molecule is C[C@@H](NC(=O)c1oc2ccccc2c1CSCc1ccccc1)C1CC1. The topological polar surface area (TPSA) is 42.2 Å². The van der Waals surface area contributed by atoms with Gasteiger partial charge in [-0.15, -0.1) is 0 Å². The maximum atomic E-state index is 12.8. The van der Waals surface area contributed by atoms with Crippen molar-refractivity contribution in [1.29, 1.82) is 0 Å². The molecule has 1 heterocycles. The number of fused-ring (bicyclic) bond motifs is 1. The van der Waals surface area contributed by atoms with Crippen molar-refractivity contribution in [2.45, 2.75) is 37.3 Å². The number of hydrogen-bond donors (Lipinski definition) is 1. The fraction of sp³-hybridized carbons (Fsp3) is 0.318. The van der Waals surface area contributed by atoms with Crippen molar-refractivity contribution >= 4 is 28.6 Å². The Morgan fingerprint density at radius 2 is 1.85 bits per heavy atom. The number of para-hydroxylation sites is 1. The van der Waals surface area contributed by atoms with E-state index in [-0.39, 0.29) is 11.9 Å². The van der Waals surface area contributed by atoms with Crippen molar-refractivity contribution in [2.75, 3.05) is 0 Å². The highest BCUT2D eigenvalue weighted by Crippen LogP contribution is 2.34. The van der Waals surface area contributed by atoms with E-state index in [2.05, 4.69) is 36.5 Å². The third kappa shape index (κ3) is 3.80. The Balaban J connectivity index is 1.54.